The van der Waals surface area contributed by atoms with Gasteiger partial charge in [-0.2, -0.15) is 0 Å². The Labute approximate surface area is 200 Å². The molecule has 7 nitrogen and oxygen atoms in total. The summed E-state index contributed by atoms with van der Waals surface area (Å²) in [5, 5.41) is 14.8. The number of hydrogen-bond donors (Lipinski definition) is 3. The number of hydrogen-bond acceptors (Lipinski definition) is 4. The van der Waals surface area contributed by atoms with Crippen molar-refractivity contribution in [3.63, 3.8) is 0 Å². The maximum Gasteiger partial charge on any atom is 0.407 e. The number of carbonyl (C=O) groups is 3. The first-order chi connectivity index (χ1) is 16.2. The Hall–Kier alpha value is -3.35. The van der Waals surface area contributed by atoms with E-state index in [1.807, 2.05) is 38.1 Å². The summed E-state index contributed by atoms with van der Waals surface area (Å²) in [5.74, 6) is -2.24. The lowest BCUT2D eigenvalue weighted by Crippen LogP contribution is -2.45. The predicted octanol–water partition coefficient (Wildman–Crippen LogP) is 4.41. The van der Waals surface area contributed by atoms with Gasteiger partial charge in [-0.05, 0) is 41.5 Å². The van der Waals surface area contributed by atoms with Gasteiger partial charge in [0.15, 0.2) is 0 Å². The van der Waals surface area contributed by atoms with Crippen molar-refractivity contribution in [2.45, 2.75) is 46.1 Å². The molecule has 7 heteroatoms. The minimum Gasteiger partial charge on any atom is -0.481 e. The van der Waals surface area contributed by atoms with E-state index in [1.165, 1.54) is 0 Å². The molecule has 0 aliphatic heterocycles. The van der Waals surface area contributed by atoms with Crippen molar-refractivity contribution in [1.82, 2.24) is 10.6 Å². The van der Waals surface area contributed by atoms with Gasteiger partial charge in [-0.15, -0.1) is 0 Å². The molecule has 182 valence electrons. The fraction of sp³-hybridized carbons (Fsp3) is 0.444. The van der Waals surface area contributed by atoms with Crippen LogP contribution in [0.25, 0.3) is 11.1 Å². The van der Waals surface area contributed by atoms with E-state index in [-0.39, 0.29) is 30.9 Å². The van der Waals surface area contributed by atoms with Crippen LogP contribution in [0.15, 0.2) is 48.5 Å². The maximum atomic E-state index is 12.5. The Morgan fingerprint density at radius 1 is 0.941 bits per heavy atom. The van der Waals surface area contributed by atoms with E-state index < -0.39 is 29.9 Å². The van der Waals surface area contributed by atoms with Crippen LogP contribution in [-0.4, -0.2) is 42.3 Å². The van der Waals surface area contributed by atoms with Crippen molar-refractivity contribution in [2.75, 3.05) is 13.2 Å². The number of ether oxygens (including phenoxy) is 1. The number of fused-ring (bicyclic) bond motifs is 3. The maximum absolute atomic E-state index is 12.5. The molecule has 3 unspecified atom stereocenters. The van der Waals surface area contributed by atoms with Gasteiger partial charge in [0.25, 0.3) is 0 Å². The van der Waals surface area contributed by atoms with E-state index in [0.717, 1.165) is 22.3 Å². The lowest BCUT2D eigenvalue weighted by molar-refractivity contribution is -0.142. The molecule has 0 fully saturated rings. The van der Waals surface area contributed by atoms with Crippen molar-refractivity contribution in [1.29, 1.82) is 0 Å². The average Bonchev–Trinajstić information content (AvgIpc) is 3.13. The SMILES string of the molecule is CC(C)CC(CNC(=O)C(C)C(C)NC(=O)OCC1c2ccccc2-c2ccccc21)C(=O)O. The molecule has 0 saturated heterocycles. The number of aliphatic carboxylic acids is 1. The molecule has 3 rings (SSSR count). The van der Waals surface area contributed by atoms with Crippen molar-refractivity contribution < 1.29 is 24.2 Å². The molecule has 3 atom stereocenters. The van der Waals surface area contributed by atoms with Gasteiger partial charge in [-0.25, -0.2) is 4.79 Å². The molecule has 0 radical (unpaired) electrons. The zero-order valence-electron chi connectivity index (χ0n) is 20.2. The monoisotopic (exact) mass is 466 g/mol. The van der Waals surface area contributed by atoms with Crippen LogP contribution in [0.5, 0.6) is 0 Å². The van der Waals surface area contributed by atoms with Crippen LogP contribution in [-0.2, 0) is 14.3 Å². The molecule has 3 N–H and O–H groups in total. The van der Waals surface area contributed by atoms with Crippen molar-refractivity contribution in [3.8, 4) is 11.1 Å². The molecule has 1 aliphatic carbocycles. The number of carbonyl (C=O) groups excluding carboxylic acids is 2. The van der Waals surface area contributed by atoms with Crippen LogP contribution in [0.2, 0.25) is 0 Å². The Kier molecular flexibility index (Phi) is 8.31. The van der Waals surface area contributed by atoms with E-state index in [9.17, 15) is 19.5 Å². The first-order valence-corrected chi connectivity index (χ1v) is 11.8. The summed E-state index contributed by atoms with van der Waals surface area (Å²) in [6.45, 7) is 7.58. The van der Waals surface area contributed by atoms with Crippen LogP contribution in [0.3, 0.4) is 0 Å². The van der Waals surface area contributed by atoms with Crippen molar-refractivity contribution >= 4 is 18.0 Å². The Morgan fingerprint density at radius 3 is 2.03 bits per heavy atom. The van der Waals surface area contributed by atoms with Crippen LogP contribution >= 0.6 is 0 Å². The van der Waals surface area contributed by atoms with Gasteiger partial charge < -0.3 is 20.5 Å². The zero-order chi connectivity index (χ0) is 24.8. The molecular weight excluding hydrogens is 432 g/mol. The average molecular weight is 467 g/mol. The van der Waals surface area contributed by atoms with E-state index in [2.05, 4.69) is 34.9 Å². The van der Waals surface area contributed by atoms with Gasteiger partial charge in [0, 0.05) is 18.5 Å². The highest BCUT2D eigenvalue weighted by molar-refractivity contribution is 5.81. The molecular formula is C27H34N2O5. The third kappa shape index (κ3) is 5.95. The number of alkyl carbamates (subject to hydrolysis) is 1. The number of carboxylic acid groups (broad SMARTS) is 1. The summed E-state index contributed by atoms with van der Waals surface area (Å²) in [4.78, 5) is 36.4. The summed E-state index contributed by atoms with van der Waals surface area (Å²) in [6.07, 6.45) is -0.102. The minimum atomic E-state index is -0.925. The van der Waals surface area contributed by atoms with Crippen LogP contribution in [0, 0.1) is 17.8 Å². The zero-order valence-corrected chi connectivity index (χ0v) is 20.2. The standard InChI is InChI=1S/C27H34N2O5/c1-16(2)13-19(26(31)32)14-28-25(30)17(3)18(4)29-27(33)34-15-24-22-11-7-5-9-20(22)21-10-6-8-12-23(21)24/h5-12,16-19,24H,13-15H2,1-4H3,(H,28,30)(H,29,33)(H,31,32). The van der Waals surface area contributed by atoms with E-state index >= 15 is 0 Å². The molecule has 0 spiro atoms. The number of nitrogens with one attached hydrogen (secondary N) is 2. The number of rotatable bonds is 10. The van der Waals surface area contributed by atoms with E-state index in [4.69, 9.17) is 4.74 Å². The molecule has 0 aromatic heterocycles. The molecule has 34 heavy (non-hydrogen) atoms. The normalized spacial score (nSPS) is 15.1. The first-order valence-electron chi connectivity index (χ1n) is 11.8. The topological polar surface area (TPSA) is 105 Å². The van der Waals surface area contributed by atoms with E-state index in [0.29, 0.717) is 6.42 Å². The molecule has 0 bridgehead atoms. The Bertz CT molecular complexity index is 990. The lowest BCUT2D eigenvalue weighted by Gasteiger charge is -2.22. The van der Waals surface area contributed by atoms with Gasteiger partial charge in [0.1, 0.15) is 6.61 Å². The van der Waals surface area contributed by atoms with Crippen molar-refractivity contribution in [2.24, 2.45) is 17.8 Å². The molecule has 2 aromatic rings. The molecule has 1 aliphatic rings. The first kappa shape index (κ1) is 25.3. The summed E-state index contributed by atoms with van der Waals surface area (Å²) in [6, 6.07) is 15.7. The second-order valence-electron chi connectivity index (χ2n) is 9.46. The molecule has 2 amide bonds. The third-order valence-corrected chi connectivity index (χ3v) is 6.48. The minimum absolute atomic E-state index is 0.0388. The molecule has 0 heterocycles. The van der Waals surface area contributed by atoms with Crippen LogP contribution in [0.4, 0.5) is 4.79 Å². The van der Waals surface area contributed by atoms with Crippen LogP contribution < -0.4 is 10.6 Å². The van der Waals surface area contributed by atoms with Gasteiger partial charge in [0.05, 0.1) is 11.8 Å². The third-order valence-electron chi connectivity index (χ3n) is 6.48. The predicted molar refractivity (Wildman–Crippen MR) is 130 cm³/mol. The second-order valence-corrected chi connectivity index (χ2v) is 9.46. The molecule has 2 aromatic carbocycles. The van der Waals surface area contributed by atoms with Gasteiger partial charge in [-0.1, -0.05) is 69.3 Å². The Morgan fingerprint density at radius 2 is 1.50 bits per heavy atom. The summed E-state index contributed by atoms with van der Waals surface area (Å²) in [7, 11) is 0. The fourth-order valence-corrected chi connectivity index (χ4v) is 4.40. The summed E-state index contributed by atoms with van der Waals surface area (Å²) < 4.78 is 5.55. The summed E-state index contributed by atoms with van der Waals surface area (Å²) >= 11 is 0. The quantitative estimate of drug-likeness (QED) is 0.481. The smallest absolute Gasteiger partial charge is 0.407 e. The number of amides is 2. The highest BCUT2D eigenvalue weighted by Gasteiger charge is 2.30. The fourth-order valence-electron chi connectivity index (χ4n) is 4.40. The van der Waals surface area contributed by atoms with Gasteiger partial charge in [0.2, 0.25) is 5.91 Å². The second kappa shape index (κ2) is 11.2. The van der Waals surface area contributed by atoms with Gasteiger partial charge in [-0.3, -0.25) is 9.59 Å². The van der Waals surface area contributed by atoms with Crippen molar-refractivity contribution in [3.05, 3.63) is 59.7 Å². The Balaban J connectivity index is 1.52. The molecule has 0 saturated carbocycles. The van der Waals surface area contributed by atoms with Crippen LogP contribution in [0.1, 0.15) is 51.2 Å². The lowest BCUT2D eigenvalue weighted by atomic mass is 9.96. The summed E-state index contributed by atoms with van der Waals surface area (Å²) in [5.41, 5.74) is 4.57. The highest BCUT2D eigenvalue weighted by Crippen LogP contribution is 2.44. The number of benzene rings is 2. The van der Waals surface area contributed by atoms with E-state index in [1.54, 1.807) is 13.8 Å². The largest absolute Gasteiger partial charge is 0.481 e. The number of carboxylic acids is 1. The van der Waals surface area contributed by atoms with Gasteiger partial charge >= 0.3 is 12.1 Å². The highest BCUT2D eigenvalue weighted by atomic mass is 16.5.